The summed E-state index contributed by atoms with van der Waals surface area (Å²) in [6.45, 7) is 0.798. The number of benzene rings is 1. The molecule has 8 nitrogen and oxygen atoms in total. The molecule has 36 heavy (non-hydrogen) atoms. The third kappa shape index (κ3) is 5.56. The number of rotatable bonds is 9. The van der Waals surface area contributed by atoms with Gasteiger partial charge in [0.1, 0.15) is 18.5 Å². The van der Waals surface area contributed by atoms with E-state index in [9.17, 15) is 14.4 Å². The van der Waals surface area contributed by atoms with Gasteiger partial charge in [0.05, 0.1) is 21.5 Å². The fraction of sp³-hybridized carbons (Fsp3) is 0.480. The Labute approximate surface area is 217 Å². The molecule has 2 saturated carbocycles. The van der Waals surface area contributed by atoms with E-state index in [0.29, 0.717) is 34.1 Å². The second-order valence-electron chi connectivity index (χ2n) is 9.34. The molecule has 2 aliphatic carbocycles. The topological polar surface area (TPSA) is 91.0 Å². The van der Waals surface area contributed by atoms with Gasteiger partial charge in [-0.15, -0.1) is 11.3 Å². The number of carbonyl (C=O) groups excluding carboxylic acids is 3. The first-order valence-electron chi connectivity index (χ1n) is 12.2. The molecular formula is C25H28ClFN4O4S. The maximum atomic E-state index is 15.0. The summed E-state index contributed by atoms with van der Waals surface area (Å²) in [4.78, 5) is 42.4. The molecule has 0 bridgehead atoms. The van der Waals surface area contributed by atoms with Crippen molar-refractivity contribution in [2.45, 2.75) is 50.2 Å². The fourth-order valence-electron chi connectivity index (χ4n) is 4.69. The zero-order valence-electron chi connectivity index (χ0n) is 19.7. The van der Waals surface area contributed by atoms with Gasteiger partial charge in [0.25, 0.3) is 11.8 Å². The summed E-state index contributed by atoms with van der Waals surface area (Å²) in [6, 6.07) is 7.58. The van der Waals surface area contributed by atoms with Crippen LogP contribution in [-0.2, 0) is 14.3 Å². The lowest BCUT2D eigenvalue weighted by Crippen LogP contribution is -2.57. The van der Waals surface area contributed by atoms with Gasteiger partial charge < -0.3 is 20.3 Å². The summed E-state index contributed by atoms with van der Waals surface area (Å²) in [6.07, 6.45) is 5.13. The molecule has 0 unspecified atom stereocenters. The number of hydrogen-bond acceptors (Lipinski definition) is 6. The Hall–Kier alpha value is -2.53. The average Bonchev–Trinajstić information content (AvgIpc) is 3.58. The lowest BCUT2D eigenvalue weighted by Gasteiger charge is -2.42. The predicted octanol–water partition coefficient (Wildman–Crippen LogP) is 3.66. The van der Waals surface area contributed by atoms with Crippen molar-refractivity contribution >= 4 is 52.0 Å². The number of carbonyl (C=O) groups is 3. The molecule has 3 aliphatic rings. The Morgan fingerprint density at radius 1 is 1.19 bits per heavy atom. The smallest absolute Gasteiger partial charge is 0.261 e. The van der Waals surface area contributed by atoms with Crippen molar-refractivity contribution in [1.82, 2.24) is 10.2 Å². The Morgan fingerprint density at radius 2 is 1.97 bits per heavy atom. The zero-order chi connectivity index (χ0) is 25.2. The summed E-state index contributed by atoms with van der Waals surface area (Å²) in [5.74, 6) is -1.52. The van der Waals surface area contributed by atoms with E-state index in [1.807, 2.05) is 0 Å². The SMILES string of the molecule is O=C(NC[C@@H](C(=O)Nc1ccc(N2CCOCC2=O)cc1F)N(C1CCC1)C1CC1)c1ccc(Cl)s1. The molecule has 3 fully saturated rings. The molecular weight excluding hydrogens is 507 g/mol. The van der Waals surface area contributed by atoms with Crippen molar-refractivity contribution in [3.8, 4) is 0 Å². The highest BCUT2D eigenvalue weighted by Crippen LogP contribution is 2.37. The van der Waals surface area contributed by atoms with Crippen LogP contribution in [0.4, 0.5) is 15.8 Å². The van der Waals surface area contributed by atoms with Crippen molar-refractivity contribution in [3.63, 3.8) is 0 Å². The highest BCUT2D eigenvalue weighted by atomic mass is 35.5. The molecule has 5 rings (SSSR count). The van der Waals surface area contributed by atoms with E-state index >= 15 is 4.39 Å². The fourth-order valence-corrected chi connectivity index (χ4v) is 5.65. The molecule has 3 amide bonds. The molecule has 0 spiro atoms. The largest absolute Gasteiger partial charge is 0.370 e. The summed E-state index contributed by atoms with van der Waals surface area (Å²) in [5.41, 5.74) is 0.460. The number of nitrogens with one attached hydrogen (secondary N) is 2. The highest BCUT2D eigenvalue weighted by molar-refractivity contribution is 7.18. The number of nitrogens with zero attached hydrogens (tertiary/aromatic N) is 2. The highest BCUT2D eigenvalue weighted by Gasteiger charge is 2.43. The Balaban J connectivity index is 1.32. The maximum absolute atomic E-state index is 15.0. The van der Waals surface area contributed by atoms with Crippen LogP contribution >= 0.6 is 22.9 Å². The van der Waals surface area contributed by atoms with E-state index in [1.54, 1.807) is 18.2 Å². The first-order valence-corrected chi connectivity index (χ1v) is 13.4. The molecule has 1 aliphatic heterocycles. The van der Waals surface area contributed by atoms with Gasteiger partial charge in [-0.25, -0.2) is 4.39 Å². The van der Waals surface area contributed by atoms with Crippen LogP contribution in [0.1, 0.15) is 41.8 Å². The van der Waals surface area contributed by atoms with Gasteiger partial charge in [0.2, 0.25) is 5.91 Å². The van der Waals surface area contributed by atoms with Crippen LogP contribution in [0.3, 0.4) is 0 Å². The summed E-state index contributed by atoms with van der Waals surface area (Å²) in [7, 11) is 0. The Kier molecular flexibility index (Phi) is 7.57. The van der Waals surface area contributed by atoms with E-state index < -0.39 is 11.9 Å². The minimum atomic E-state index is -0.637. The van der Waals surface area contributed by atoms with Gasteiger partial charge in [-0.3, -0.25) is 19.3 Å². The van der Waals surface area contributed by atoms with Crippen molar-refractivity contribution in [2.75, 3.05) is 36.5 Å². The van der Waals surface area contributed by atoms with E-state index in [2.05, 4.69) is 15.5 Å². The summed E-state index contributed by atoms with van der Waals surface area (Å²) < 4.78 is 20.7. The van der Waals surface area contributed by atoms with Crippen LogP contribution in [0.5, 0.6) is 0 Å². The normalized spacial score (nSPS) is 19.2. The van der Waals surface area contributed by atoms with E-state index in [4.69, 9.17) is 16.3 Å². The molecule has 1 aromatic heterocycles. The predicted molar refractivity (Wildman–Crippen MR) is 136 cm³/mol. The second-order valence-corrected chi connectivity index (χ2v) is 11.1. The zero-order valence-corrected chi connectivity index (χ0v) is 21.2. The third-order valence-corrected chi connectivity index (χ3v) is 8.12. The van der Waals surface area contributed by atoms with Crippen molar-refractivity contribution in [2.24, 2.45) is 0 Å². The van der Waals surface area contributed by atoms with Crippen molar-refractivity contribution in [1.29, 1.82) is 0 Å². The average molecular weight is 535 g/mol. The van der Waals surface area contributed by atoms with Gasteiger partial charge >= 0.3 is 0 Å². The molecule has 2 aromatic rings. The standard InChI is InChI=1S/C25H28ClFN4O4S/c26-22-9-8-21(36-22)25(34)28-13-20(31(16-4-5-16)15-2-1-3-15)24(33)29-19-7-6-17(12-18(19)27)30-10-11-35-14-23(30)32/h6-9,12,15-16,20H,1-5,10-11,13-14H2,(H,28,34)(H,29,33)/t20-/m0/s1. The Bertz CT molecular complexity index is 1150. The number of ether oxygens (including phenoxy) is 1. The van der Waals surface area contributed by atoms with Crippen molar-refractivity contribution < 1.29 is 23.5 Å². The van der Waals surface area contributed by atoms with E-state index in [-0.39, 0.29) is 42.6 Å². The minimum absolute atomic E-state index is 0.0372. The molecule has 1 aromatic carbocycles. The molecule has 192 valence electrons. The number of amides is 3. The van der Waals surface area contributed by atoms with Crippen LogP contribution < -0.4 is 15.5 Å². The van der Waals surface area contributed by atoms with Gasteiger partial charge in [0, 0.05) is 30.9 Å². The first-order chi connectivity index (χ1) is 17.4. The number of hydrogen-bond donors (Lipinski definition) is 2. The second kappa shape index (κ2) is 10.8. The van der Waals surface area contributed by atoms with Crippen LogP contribution in [0.15, 0.2) is 30.3 Å². The van der Waals surface area contributed by atoms with E-state index in [1.165, 1.54) is 28.4 Å². The monoisotopic (exact) mass is 534 g/mol. The number of morpholine rings is 1. The van der Waals surface area contributed by atoms with Crippen LogP contribution in [0, 0.1) is 5.82 Å². The molecule has 2 heterocycles. The van der Waals surface area contributed by atoms with Gasteiger partial charge in [-0.2, -0.15) is 0 Å². The third-order valence-electron chi connectivity index (χ3n) is 6.89. The summed E-state index contributed by atoms with van der Waals surface area (Å²) in [5, 5.41) is 5.61. The van der Waals surface area contributed by atoms with Crippen LogP contribution in [0.2, 0.25) is 4.34 Å². The van der Waals surface area contributed by atoms with Crippen molar-refractivity contribution in [3.05, 3.63) is 45.4 Å². The first kappa shape index (κ1) is 25.1. The van der Waals surface area contributed by atoms with Crippen LogP contribution in [-0.4, -0.2) is 67.1 Å². The molecule has 2 N–H and O–H groups in total. The van der Waals surface area contributed by atoms with Crippen LogP contribution in [0.25, 0.3) is 0 Å². The van der Waals surface area contributed by atoms with E-state index in [0.717, 1.165) is 32.1 Å². The van der Waals surface area contributed by atoms with Gasteiger partial charge in [-0.05, 0) is 56.0 Å². The Morgan fingerprint density at radius 3 is 2.58 bits per heavy atom. The molecule has 11 heteroatoms. The minimum Gasteiger partial charge on any atom is -0.370 e. The number of anilines is 2. The maximum Gasteiger partial charge on any atom is 0.261 e. The molecule has 0 radical (unpaired) electrons. The number of thiophene rings is 1. The number of halogens is 2. The lowest BCUT2D eigenvalue weighted by atomic mass is 9.89. The molecule has 1 atom stereocenters. The lowest BCUT2D eigenvalue weighted by molar-refractivity contribution is -0.125. The molecule has 1 saturated heterocycles. The summed E-state index contributed by atoms with van der Waals surface area (Å²) >= 11 is 7.14. The quantitative estimate of drug-likeness (QED) is 0.512. The van der Waals surface area contributed by atoms with Gasteiger partial charge in [0.15, 0.2) is 0 Å². The van der Waals surface area contributed by atoms with Gasteiger partial charge in [-0.1, -0.05) is 18.0 Å².